The molecule has 2 rings (SSSR count). The number of anilines is 1. The molecule has 1 aromatic rings. The van der Waals surface area contributed by atoms with Gasteiger partial charge in [-0.25, -0.2) is 4.98 Å². The maximum absolute atomic E-state index is 10.7. The molecule has 1 heterocycles. The van der Waals surface area contributed by atoms with Gasteiger partial charge in [-0.3, -0.25) is 10.1 Å². The Morgan fingerprint density at radius 1 is 1.32 bits per heavy atom. The van der Waals surface area contributed by atoms with Crippen molar-refractivity contribution < 1.29 is 4.92 Å². The minimum absolute atomic E-state index is 0.168. The average molecular weight is 303 g/mol. The Morgan fingerprint density at radius 3 is 2.68 bits per heavy atom. The Morgan fingerprint density at radius 2 is 2.05 bits per heavy atom. The zero-order chi connectivity index (χ0) is 15.8. The molecule has 0 amide bonds. The second-order valence-corrected chi connectivity index (χ2v) is 5.53. The van der Waals surface area contributed by atoms with E-state index in [0.29, 0.717) is 18.4 Å². The highest BCUT2D eigenvalue weighted by Crippen LogP contribution is 2.18. The van der Waals surface area contributed by atoms with Crippen LogP contribution in [0.4, 0.5) is 11.5 Å². The zero-order valence-corrected chi connectivity index (χ0v) is 12.5. The van der Waals surface area contributed by atoms with Crippen LogP contribution in [0.15, 0.2) is 12.3 Å². The normalized spacial score (nSPS) is 15.8. The molecule has 118 valence electrons. The molecule has 7 heteroatoms. The van der Waals surface area contributed by atoms with Gasteiger partial charge in [-0.15, -0.1) is 0 Å². The van der Waals surface area contributed by atoms with Crippen molar-refractivity contribution in [3.05, 3.63) is 27.9 Å². The van der Waals surface area contributed by atoms with Crippen LogP contribution in [-0.2, 0) is 0 Å². The van der Waals surface area contributed by atoms with Gasteiger partial charge in [0.25, 0.3) is 5.69 Å². The van der Waals surface area contributed by atoms with Gasteiger partial charge in [-0.1, -0.05) is 25.7 Å². The molecule has 7 nitrogen and oxygen atoms in total. The molecule has 0 unspecified atom stereocenters. The molecule has 0 aromatic carbocycles. The summed E-state index contributed by atoms with van der Waals surface area (Å²) in [5, 5.41) is 26.3. The van der Waals surface area contributed by atoms with Crippen LogP contribution in [0, 0.1) is 21.4 Å². The highest BCUT2D eigenvalue weighted by molar-refractivity contribution is 5.55. The molecule has 22 heavy (non-hydrogen) atoms. The summed E-state index contributed by atoms with van der Waals surface area (Å²) >= 11 is 0. The predicted octanol–water partition coefficient (Wildman–Crippen LogP) is 2.59. The molecule has 0 radical (unpaired) electrons. The Hall–Kier alpha value is -2.20. The molecular formula is C15H21N5O2. The lowest BCUT2D eigenvalue weighted by Gasteiger charge is -2.16. The second-order valence-electron chi connectivity index (χ2n) is 5.53. The van der Waals surface area contributed by atoms with E-state index >= 15 is 0 Å². The quantitative estimate of drug-likeness (QED) is 0.362. The maximum atomic E-state index is 10.7. The summed E-state index contributed by atoms with van der Waals surface area (Å²) in [7, 11) is 0. The van der Waals surface area contributed by atoms with Crippen LogP contribution >= 0.6 is 0 Å². The van der Waals surface area contributed by atoms with Crippen molar-refractivity contribution in [2.24, 2.45) is 0 Å². The highest BCUT2D eigenvalue weighted by atomic mass is 16.6. The summed E-state index contributed by atoms with van der Waals surface area (Å²) in [5.74, 6) is 0.399. The first-order chi connectivity index (χ1) is 10.7. The maximum Gasteiger partial charge on any atom is 0.289 e. The average Bonchev–Trinajstić information content (AvgIpc) is 2.80. The summed E-state index contributed by atoms with van der Waals surface area (Å²) in [4.78, 5) is 14.1. The molecule has 1 aliphatic rings. The predicted molar refractivity (Wildman–Crippen MR) is 83.6 cm³/mol. The first kappa shape index (κ1) is 16.2. The number of hydrogen-bond acceptors (Lipinski definition) is 6. The fourth-order valence-corrected chi connectivity index (χ4v) is 2.72. The third-order valence-corrected chi connectivity index (χ3v) is 3.91. The van der Waals surface area contributed by atoms with E-state index in [2.05, 4.69) is 15.6 Å². The molecule has 1 aromatic heterocycles. The van der Waals surface area contributed by atoms with Crippen LogP contribution in [0.2, 0.25) is 0 Å². The Kier molecular flexibility index (Phi) is 6.10. The van der Waals surface area contributed by atoms with E-state index in [1.165, 1.54) is 50.8 Å². The number of pyridine rings is 1. The van der Waals surface area contributed by atoms with E-state index in [9.17, 15) is 10.1 Å². The molecule has 0 aliphatic heterocycles. The van der Waals surface area contributed by atoms with Gasteiger partial charge < -0.3 is 10.6 Å². The Bertz CT molecular complexity index is 547. The zero-order valence-electron chi connectivity index (χ0n) is 12.5. The van der Waals surface area contributed by atoms with Crippen molar-refractivity contribution in [2.75, 3.05) is 18.4 Å². The molecule has 0 saturated heterocycles. The van der Waals surface area contributed by atoms with Crippen LogP contribution in [0.1, 0.15) is 44.1 Å². The van der Waals surface area contributed by atoms with Gasteiger partial charge in [0.15, 0.2) is 0 Å². The van der Waals surface area contributed by atoms with Gasteiger partial charge >= 0.3 is 0 Å². The monoisotopic (exact) mass is 303 g/mol. The fraction of sp³-hybridized carbons (Fsp3) is 0.600. The van der Waals surface area contributed by atoms with E-state index < -0.39 is 4.92 Å². The van der Waals surface area contributed by atoms with Crippen molar-refractivity contribution in [2.45, 2.75) is 44.6 Å². The van der Waals surface area contributed by atoms with Gasteiger partial charge in [0.1, 0.15) is 23.6 Å². The molecule has 0 spiro atoms. The van der Waals surface area contributed by atoms with E-state index in [0.717, 1.165) is 6.54 Å². The third-order valence-electron chi connectivity index (χ3n) is 3.91. The minimum Gasteiger partial charge on any atom is -0.368 e. The number of aromatic nitrogens is 1. The number of hydrogen-bond donors (Lipinski definition) is 2. The molecule has 0 atom stereocenters. The fourth-order valence-electron chi connectivity index (χ4n) is 2.72. The van der Waals surface area contributed by atoms with Crippen molar-refractivity contribution in [3.63, 3.8) is 0 Å². The lowest BCUT2D eigenvalue weighted by atomic mass is 10.1. The van der Waals surface area contributed by atoms with Crippen molar-refractivity contribution in [1.29, 1.82) is 5.26 Å². The van der Waals surface area contributed by atoms with Gasteiger partial charge in [0.05, 0.1) is 4.92 Å². The number of nitrogens with zero attached hydrogens (tertiary/aromatic N) is 3. The van der Waals surface area contributed by atoms with Crippen molar-refractivity contribution >= 4 is 11.5 Å². The van der Waals surface area contributed by atoms with Gasteiger partial charge in [-0.05, 0) is 12.8 Å². The molecule has 1 fully saturated rings. The van der Waals surface area contributed by atoms with Gasteiger partial charge in [0.2, 0.25) is 0 Å². The van der Waals surface area contributed by atoms with E-state index in [-0.39, 0.29) is 11.3 Å². The molecular weight excluding hydrogens is 282 g/mol. The van der Waals surface area contributed by atoms with E-state index in [1.807, 2.05) is 6.07 Å². The Balaban J connectivity index is 1.81. The SMILES string of the molecule is N#Cc1cc([N+](=O)[O-])cnc1NCCNC1CCCCCC1. The lowest BCUT2D eigenvalue weighted by Crippen LogP contribution is -2.32. The molecule has 2 N–H and O–H groups in total. The highest BCUT2D eigenvalue weighted by Gasteiger charge is 2.13. The summed E-state index contributed by atoms with van der Waals surface area (Å²) in [5.41, 5.74) is 0.0300. The lowest BCUT2D eigenvalue weighted by molar-refractivity contribution is -0.385. The molecule has 1 saturated carbocycles. The van der Waals surface area contributed by atoms with Crippen LogP contribution in [0.5, 0.6) is 0 Å². The summed E-state index contributed by atoms with van der Waals surface area (Å²) < 4.78 is 0. The van der Waals surface area contributed by atoms with Crippen molar-refractivity contribution in [3.8, 4) is 6.07 Å². The summed E-state index contributed by atoms with van der Waals surface area (Å²) in [6.07, 6.45) is 8.84. The van der Waals surface area contributed by atoms with Crippen LogP contribution in [0.3, 0.4) is 0 Å². The van der Waals surface area contributed by atoms with Gasteiger partial charge in [0, 0.05) is 25.2 Å². The van der Waals surface area contributed by atoms with Crippen LogP contribution < -0.4 is 10.6 Å². The Labute approximate surface area is 129 Å². The minimum atomic E-state index is -0.550. The summed E-state index contributed by atoms with van der Waals surface area (Å²) in [6, 6.07) is 3.76. The standard InChI is InChI=1S/C15H21N5O2/c16-10-12-9-14(20(21)22)11-19-15(12)18-8-7-17-13-5-3-1-2-4-6-13/h9,11,13,17H,1-8H2,(H,18,19). The largest absolute Gasteiger partial charge is 0.368 e. The number of nitro groups is 1. The summed E-state index contributed by atoms with van der Waals surface area (Å²) in [6.45, 7) is 1.42. The van der Waals surface area contributed by atoms with Crippen LogP contribution in [-0.4, -0.2) is 29.0 Å². The smallest absolute Gasteiger partial charge is 0.289 e. The number of nitrogens with one attached hydrogen (secondary N) is 2. The van der Waals surface area contributed by atoms with Crippen molar-refractivity contribution in [1.82, 2.24) is 10.3 Å². The van der Waals surface area contributed by atoms with Gasteiger partial charge in [-0.2, -0.15) is 5.26 Å². The second kappa shape index (κ2) is 8.29. The molecule has 0 bridgehead atoms. The first-order valence-electron chi connectivity index (χ1n) is 7.72. The third kappa shape index (κ3) is 4.67. The molecule has 1 aliphatic carbocycles. The van der Waals surface area contributed by atoms with E-state index in [1.54, 1.807) is 0 Å². The first-order valence-corrected chi connectivity index (χ1v) is 7.72. The number of rotatable bonds is 6. The number of nitriles is 1. The topological polar surface area (TPSA) is 104 Å². The van der Waals surface area contributed by atoms with E-state index in [4.69, 9.17) is 5.26 Å². The van der Waals surface area contributed by atoms with Crippen LogP contribution in [0.25, 0.3) is 0 Å².